The lowest BCUT2D eigenvalue weighted by molar-refractivity contribution is -0.640. The number of amides is 2. The number of aromatic nitrogens is 2. The van der Waals surface area contributed by atoms with E-state index in [1.165, 1.54) is 17.7 Å². The first-order chi connectivity index (χ1) is 13.8. The summed E-state index contributed by atoms with van der Waals surface area (Å²) in [4.78, 5) is 38.8. The Bertz CT molecular complexity index is 709. The van der Waals surface area contributed by atoms with Crippen molar-refractivity contribution in [2.24, 2.45) is 5.92 Å². The minimum atomic E-state index is -0.445. The summed E-state index contributed by atoms with van der Waals surface area (Å²) < 4.78 is 6.65. The zero-order valence-electron chi connectivity index (χ0n) is 17.9. The molecule has 1 heterocycles. The average molecular weight is 426 g/mol. The molecular weight excluding hydrogens is 392 g/mol. The van der Waals surface area contributed by atoms with Gasteiger partial charge in [0.15, 0.2) is 0 Å². The fourth-order valence-corrected chi connectivity index (χ4v) is 3.87. The van der Waals surface area contributed by atoms with Gasteiger partial charge in [-0.15, -0.1) is 0 Å². The molecule has 0 saturated heterocycles. The van der Waals surface area contributed by atoms with Crippen LogP contribution < -0.4 is 10.00 Å². The first-order valence-corrected chi connectivity index (χ1v) is 11.4. The Labute approximate surface area is 176 Å². The van der Waals surface area contributed by atoms with E-state index in [1.807, 2.05) is 13.8 Å². The molecule has 1 saturated carbocycles. The van der Waals surface area contributed by atoms with Crippen LogP contribution in [0, 0.1) is 5.92 Å². The number of thioether (sulfide) groups is 1. The second-order valence-electron chi connectivity index (χ2n) is 8.16. The Hall–Kier alpha value is -1.90. The Morgan fingerprint density at radius 3 is 2.45 bits per heavy atom. The van der Waals surface area contributed by atoms with Crippen LogP contribution in [0.1, 0.15) is 75.9 Å². The number of carbonyl (C=O) groups excluding carboxylic acids is 3. The van der Waals surface area contributed by atoms with Crippen molar-refractivity contribution in [1.82, 2.24) is 15.3 Å². The molecule has 8 nitrogen and oxygen atoms in total. The van der Waals surface area contributed by atoms with Crippen molar-refractivity contribution < 1.29 is 23.5 Å². The Kier molecular flexibility index (Phi) is 9.13. The van der Waals surface area contributed by atoms with Crippen LogP contribution >= 0.6 is 11.8 Å². The third-order valence-corrected chi connectivity index (χ3v) is 5.74. The lowest BCUT2D eigenvalue weighted by Crippen LogP contribution is -2.57. The molecule has 0 spiro atoms. The number of hydrogen-bond acceptors (Lipinski definition) is 6. The Morgan fingerprint density at radius 1 is 1.21 bits per heavy atom. The summed E-state index contributed by atoms with van der Waals surface area (Å²) in [5.41, 5.74) is 0. The van der Waals surface area contributed by atoms with Gasteiger partial charge in [0.05, 0.1) is 11.8 Å². The molecule has 1 fully saturated rings. The summed E-state index contributed by atoms with van der Waals surface area (Å²) >= 11 is 1.08. The van der Waals surface area contributed by atoms with E-state index in [0.29, 0.717) is 12.3 Å². The van der Waals surface area contributed by atoms with Crippen LogP contribution in [-0.2, 0) is 4.79 Å². The topological polar surface area (TPSA) is 96.4 Å². The van der Waals surface area contributed by atoms with Crippen LogP contribution in [0.2, 0.25) is 0 Å². The predicted octanol–water partition coefficient (Wildman–Crippen LogP) is 3.04. The maximum Gasteiger partial charge on any atom is 0.520 e. The van der Waals surface area contributed by atoms with Crippen molar-refractivity contribution in [2.75, 3.05) is 19.8 Å². The van der Waals surface area contributed by atoms with E-state index >= 15 is 0 Å². The Balaban J connectivity index is 2.15. The zero-order valence-corrected chi connectivity index (χ0v) is 18.7. The molecule has 1 aromatic rings. The van der Waals surface area contributed by atoms with Crippen LogP contribution in [0.25, 0.3) is 0 Å². The van der Waals surface area contributed by atoms with Crippen molar-refractivity contribution in [2.45, 2.75) is 76.5 Å². The normalized spacial score (nSPS) is 15.2. The highest BCUT2D eigenvalue weighted by molar-refractivity contribution is 7.99. The number of nitrogens with zero attached hydrogens (tertiary/aromatic N) is 3. The lowest BCUT2D eigenvalue weighted by Gasteiger charge is -2.09. The van der Waals surface area contributed by atoms with E-state index in [0.717, 1.165) is 42.1 Å². The SMILES string of the molecule is CC(C)CCC(=O)c1oc(SCC(=O)N(C)C)n[n+]1C(=O)NC1CCCCCC1. The van der Waals surface area contributed by atoms with Crippen molar-refractivity contribution in [3.05, 3.63) is 5.89 Å². The molecule has 0 unspecified atom stereocenters. The summed E-state index contributed by atoms with van der Waals surface area (Å²) in [7, 11) is 3.33. The minimum absolute atomic E-state index is 0.0726. The van der Waals surface area contributed by atoms with Gasteiger partial charge in [-0.3, -0.25) is 9.59 Å². The fraction of sp³-hybridized carbons (Fsp3) is 0.750. The molecule has 1 aliphatic carbocycles. The molecule has 0 aliphatic heterocycles. The standard InChI is InChI=1S/C20H32N4O4S/c1-14(2)11-12-16(25)18-24(19(27)21-15-9-7-5-6-8-10-15)22-20(28-18)29-13-17(26)23(3)4/h14-15H,5-13H2,1-4H3/p+1. The van der Waals surface area contributed by atoms with Crippen LogP contribution in [0.15, 0.2) is 9.64 Å². The van der Waals surface area contributed by atoms with E-state index in [-0.39, 0.29) is 41.0 Å². The predicted molar refractivity (Wildman–Crippen MR) is 110 cm³/mol. The third-order valence-electron chi connectivity index (χ3n) is 4.94. The van der Waals surface area contributed by atoms with Gasteiger partial charge in [0.1, 0.15) is 0 Å². The smallest absolute Gasteiger partial charge is 0.390 e. The highest BCUT2D eigenvalue weighted by atomic mass is 32.2. The largest absolute Gasteiger partial charge is 0.520 e. The molecule has 2 amide bonds. The highest BCUT2D eigenvalue weighted by Gasteiger charge is 2.33. The second-order valence-corrected chi connectivity index (χ2v) is 9.08. The number of Topliss-reactive ketones (excluding diaryl/α,β-unsaturated/α-hetero) is 1. The minimum Gasteiger partial charge on any atom is -0.390 e. The molecule has 0 bridgehead atoms. The van der Waals surface area contributed by atoms with Crippen molar-refractivity contribution in [1.29, 1.82) is 0 Å². The number of nitrogens with one attached hydrogen (secondary N) is 1. The van der Waals surface area contributed by atoms with E-state index in [2.05, 4.69) is 10.4 Å². The van der Waals surface area contributed by atoms with Crippen LogP contribution in [-0.4, -0.2) is 53.6 Å². The molecule has 0 atom stereocenters. The maximum atomic E-state index is 12.8. The van der Waals surface area contributed by atoms with Crippen molar-refractivity contribution in [3.8, 4) is 0 Å². The molecule has 1 aliphatic rings. The lowest BCUT2D eigenvalue weighted by atomic mass is 10.1. The van der Waals surface area contributed by atoms with Gasteiger partial charge in [-0.05, 0) is 47.8 Å². The first-order valence-electron chi connectivity index (χ1n) is 10.4. The van der Waals surface area contributed by atoms with Crippen molar-refractivity contribution >= 4 is 29.5 Å². The molecule has 2 rings (SSSR count). The van der Waals surface area contributed by atoms with Gasteiger partial charge in [0.2, 0.25) is 11.7 Å². The van der Waals surface area contributed by atoms with Crippen LogP contribution in [0.3, 0.4) is 0 Å². The Morgan fingerprint density at radius 2 is 1.86 bits per heavy atom. The maximum absolute atomic E-state index is 12.8. The second kappa shape index (κ2) is 11.3. The molecule has 0 aromatic carbocycles. The van der Waals surface area contributed by atoms with E-state index < -0.39 is 6.03 Å². The monoisotopic (exact) mass is 425 g/mol. The number of ketones is 1. The van der Waals surface area contributed by atoms with Gasteiger partial charge in [-0.2, -0.15) is 4.79 Å². The molecule has 162 valence electrons. The summed E-state index contributed by atoms with van der Waals surface area (Å²) in [6.07, 6.45) is 7.38. The van der Waals surface area contributed by atoms with E-state index in [4.69, 9.17) is 4.42 Å². The van der Waals surface area contributed by atoms with Gasteiger partial charge < -0.3 is 9.32 Å². The summed E-state index contributed by atoms with van der Waals surface area (Å²) in [6, 6.07) is -0.362. The van der Waals surface area contributed by atoms with Gasteiger partial charge in [0.25, 0.3) is 5.22 Å². The molecule has 1 aromatic heterocycles. The molecular formula is C20H33N4O4S+. The molecule has 9 heteroatoms. The van der Waals surface area contributed by atoms with Gasteiger partial charge in [-0.1, -0.05) is 38.5 Å². The summed E-state index contributed by atoms with van der Waals surface area (Å²) in [5.74, 6) is 0.0545. The fourth-order valence-electron chi connectivity index (χ4n) is 3.08. The van der Waals surface area contributed by atoms with Crippen LogP contribution in [0.5, 0.6) is 0 Å². The van der Waals surface area contributed by atoms with E-state index in [9.17, 15) is 14.4 Å². The summed E-state index contributed by atoms with van der Waals surface area (Å²) in [5, 5.41) is 7.33. The average Bonchev–Trinajstić information content (AvgIpc) is 2.94. The van der Waals surface area contributed by atoms with E-state index in [1.54, 1.807) is 14.1 Å². The third kappa shape index (κ3) is 7.45. The van der Waals surface area contributed by atoms with Gasteiger partial charge >= 0.3 is 11.9 Å². The number of carbonyl (C=O) groups is 3. The van der Waals surface area contributed by atoms with Crippen molar-refractivity contribution in [3.63, 3.8) is 0 Å². The quantitative estimate of drug-likeness (QED) is 0.298. The first kappa shape index (κ1) is 23.4. The number of hydrogen-bond donors (Lipinski definition) is 1. The highest BCUT2D eigenvalue weighted by Crippen LogP contribution is 2.19. The number of rotatable bonds is 8. The molecule has 29 heavy (non-hydrogen) atoms. The molecule has 1 N–H and O–H groups in total. The van der Waals surface area contributed by atoms with Crippen LogP contribution in [0.4, 0.5) is 4.79 Å². The van der Waals surface area contributed by atoms with Gasteiger partial charge in [-0.25, -0.2) is 5.32 Å². The zero-order chi connectivity index (χ0) is 21.4. The van der Waals surface area contributed by atoms with Gasteiger partial charge in [0, 0.05) is 20.5 Å². The summed E-state index contributed by atoms with van der Waals surface area (Å²) in [6.45, 7) is 4.07. The molecule has 0 radical (unpaired) electrons.